The molecule has 0 bridgehead atoms. The molecule has 2 aromatic carbocycles. The van der Waals surface area contributed by atoms with E-state index < -0.39 is 5.60 Å². The van der Waals surface area contributed by atoms with E-state index >= 15 is 0 Å². The third kappa shape index (κ3) is 4.95. The SMILES string of the molecule is CCCCC(CC(C)(O)c1ccc(C)cc1C)c1ccc(C)cc1C. The Morgan fingerprint density at radius 3 is 2.08 bits per heavy atom. The summed E-state index contributed by atoms with van der Waals surface area (Å²) in [5, 5.41) is 11.3. The lowest BCUT2D eigenvalue weighted by Gasteiger charge is -2.31. The number of hydrogen-bond donors (Lipinski definition) is 1. The Bertz CT molecular complexity index is 712. The van der Waals surface area contributed by atoms with E-state index in [0.717, 1.165) is 18.4 Å². The number of aliphatic hydroxyl groups is 1. The van der Waals surface area contributed by atoms with E-state index in [2.05, 4.69) is 71.0 Å². The molecule has 2 unspecified atom stereocenters. The summed E-state index contributed by atoms with van der Waals surface area (Å²) in [5.41, 5.74) is 6.71. The van der Waals surface area contributed by atoms with Crippen molar-refractivity contribution in [2.24, 2.45) is 0 Å². The Kier molecular flexibility index (Phi) is 6.46. The topological polar surface area (TPSA) is 20.2 Å². The minimum absolute atomic E-state index is 0.385. The Morgan fingerprint density at radius 1 is 0.920 bits per heavy atom. The number of unbranched alkanes of at least 4 members (excludes halogenated alkanes) is 1. The molecule has 1 N–H and O–H groups in total. The minimum Gasteiger partial charge on any atom is -0.385 e. The van der Waals surface area contributed by atoms with Gasteiger partial charge in [0.2, 0.25) is 0 Å². The Balaban J connectivity index is 2.34. The van der Waals surface area contributed by atoms with Crippen LogP contribution in [0.1, 0.15) is 78.8 Å². The van der Waals surface area contributed by atoms with Gasteiger partial charge in [-0.1, -0.05) is 67.3 Å². The van der Waals surface area contributed by atoms with Crippen molar-refractivity contribution < 1.29 is 5.11 Å². The largest absolute Gasteiger partial charge is 0.385 e. The predicted octanol–water partition coefficient (Wildman–Crippen LogP) is 6.49. The molecule has 1 nitrogen and oxygen atoms in total. The van der Waals surface area contributed by atoms with Crippen molar-refractivity contribution in [1.82, 2.24) is 0 Å². The van der Waals surface area contributed by atoms with E-state index in [9.17, 15) is 5.11 Å². The predicted molar refractivity (Wildman–Crippen MR) is 108 cm³/mol. The molecule has 0 aliphatic carbocycles. The minimum atomic E-state index is -0.812. The molecule has 0 fully saturated rings. The molecule has 0 aliphatic heterocycles. The molecular weight excluding hydrogens is 304 g/mol. The normalized spacial score (nSPS) is 15.0. The standard InChI is InChI=1S/C24H34O/c1-7-8-9-21(22-12-10-17(2)14-19(22)4)16-24(6,25)23-13-11-18(3)15-20(23)5/h10-15,21,25H,7-9,16H2,1-6H3. The van der Waals surface area contributed by atoms with Gasteiger partial charge in [0.05, 0.1) is 5.60 Å². The first-order valence-corrected chi connectivity index (χ1v) is 9.62. The molecule has 2 aromatic rings. The average molecular weight is 339 g/mol. The zero-order valence-electron chi connectivity index (χ0n) is 16.8. The lowest BCUT2D eigenvalue weighted by Crippen LogP contribution is -2.26. The van der Waals surface area contributed by atoms with Gasteiger partial charge in [0, 0.05) is 0 Å². The van der Waals surface area contributed by atoms with Crippen molar-refractivity contribution in [3.05, 3.63) is 69.8 Å². The van der Waals surface area contributed by atoms with E-state index in [0.29, 0.717) is 5.92 Å². The Morgan fingerprint density at radius 2 is 1.52 bits per heavy atom. The van der Waals surface area contributed by atoms with Crippen molar-refractivity contribution in [3.63, 3.8) is 0 Å². The molecule has 0 aliphatic rings. The van der Waals surface area contributed by atoms with Gasteiger partial charge in [-0.15, -0.1) is 0 Å². The maximum atomic E-state index is 11.3. The van der Waals surface area contributed by atoms with E-state index in [-0.39, 0.29) is 0 Å². The summed E-state index contributed by atoms with van der Waals surface area (Å²) in [6.07, 6.45) is 4.27. The van der Waals surface area contributed by atoms with Gasteiger partial charge < -0.3 is 5.11 Å². The van der Waals surface area contributed by atoms with Crippen molar-refractivity contribution in [2.45, 2.75) is 78.7 Å². The van der Waals surface area contributed by atoms with Gasteiger partial charge >= 0.3 is 0 Å². The molecule has 2 atom stereocenters. The van der Waals surface area contributed by atoms with Gasteiger partial charge in [-0.05, 0) is 75.6 Å². The number of aryl methyl sites for hydroxylation is 4. The van der Waals surface area contributed by atoms with Crippen molar-refractivity contribution in [2.75, 3.05) is 0 Å². The summed E-state index contributed by atoms with van der Waals surface area (Å²) < 4.78 is 0. The molecule has 0 aromatic heterocycles. The van der Waals surface area contributed by atoms with E-state index in [4.69, 9.17) is 0 Å². The van der Waals surface area contributed by atoms with Gasteiger partial charge in [0.15, 0.2) is 0 Å². The van der Waals surface area contributed by atoms with Crippen LogP contribution in [0.3, 0.4) is 0 Å². The maximum absolute atomic E-state index is 11.3. The molecule has 1 heteroatoms. The maximum Gasteiger partial charge on any atom is 0.0876 e. The summed E-state index contributed by atoms with van der Waals surface area (Å²) in [5.74, 6) is 0.385. The van der Waals surface area contributed by atoms with Crippen LogP contribution in [-0.2, 0) is 5.60 Å². The van der Waals surface area contributed by atoms with Crippen LogP contribution < -0.4 is 0 Å². The highest BCUT2D eigenvalue weighted by Crippen LogP contribution is 2.38. The summed E-state index contributed by atoms with van der Waals surface area (Å²) in [4.78, 5) is 0. The summed E-state index contributed by atoms with van der Waals surface area (Å²) in [6.45, 7) is 12.8. The van der Waals surface area contributed by atoms with E-state index in [1.165, 1.54) is 40.7 Å². The molecule has 136 valence electrons. The number of rotatable bonds is 7. The lowest BCUT2D eigenvalue weighted by molar-refractivity contribution is 0.0380. The molecule has 0 spiro atoms. The van der Waals surface area contributed by atoms with Crippen LogP contribution in [-0.4, -0.2) is 5.11 Å². The molecule has 0 heterocycles. The first-order chi connectivity index (χ1) is 11.7. The highest BCUT2D eigenvalue weighted by Gasteiger charge is 2.30. The average Bonchev–Trinajstić information content (AvgIpc) is 2.51. The van der Waals surface area contributed by atoms with Crippen molar-refractivity contribution >= 4 is 0 Å². The van der Waals surface area contributed by atoms with Crippen LogP contribution in [0.15, 0.2) is 36.4 Å². The van der Waals surface area contributed by atoms with Crippen LogP contribution >= 0.6 is 0 Å². The molecular formula is C24H34O. The molecule has 0 saturated carbocycles. The Hall–Kier alpha value is -1.60. The van der Waals surface area contributed by atoms with Crippen LogP contribution in [0, 0.1) is 27.7 Å². The van der Waals surface area contributed by atoms with E-state index in [1.807, 2.05) is 6.92 Å². The van der Waals surface area contributed by atoms with Crippen LogP contribution in [0.2, 0.25) is 0 Å². The Labute approximate surface area is 154 Å². The monoisotopic (exact) mass is 338 g/mol. The van der Waals surface area contributed by atoms with Crippen LogP contribution in [0.25, 0.3) is 0 Å². The molecule has 0 amide bonds. The fraction of sp³-hybridized carbons (Fsp3) is 0.500. The second kappa shape index (κ2) is 8.19. The highest BCUT2D eigenvalue weighted by atomic mass is 16.3. The smallest absolute Gasteiger partial charge is 0.0876 e. The first kappa shape index (κ1) is 19.7. The number of benzene rings is 2. The van der Waals surface area contributed by atoms with Gasteiger partial charge in [-0.2, -0.15) is 0 Å². The quantitative estimate of drug-likeness (QED) is 0.611. The summed E-state index contributed by atoms with van der Waals surface area (Å²) in [7, 11) is 0. The summed E-state index contributed by atoms with van der Waals surface area (Å²) >= 11 is 0. The fourth-order valence-electron chi connectivity index (χ4n) is 4.11. The molecule has 0 saturated heterocycles. The molecule has 0 radical (unpaired) electrons. The van der Waals surface area contributed by atoms with Crippen molar-refractivity contribution in [1.29, 1.82) is 0 Å². The first-order valence-electron chi connectivity index (χ1n) is 9.62. The van der Waals surface area contributed by atoms with Gasteiger partial charge in [0.25, 0.3) is 0 Å². The zero-order valence-corrected chi connectivity index (χ0v) is 16.8. The zero-order chi connectivity index (χ0) is 18.6. The molecule has 25 heavy (non-hydrogen) atoms. The van der Waals surface area contributed by atoms with Gasteiger partial charge in [-0.3, -0.25) is 0 Å². The third-order valence-electron chi connectivity index (χ3n) is 5.38. The highest BCUT2D eigenvalue weighted by molar-refractivity contribution is 5.37. The number of hydrogen-bond acceptors (Lipinski definition) is 1. The van der Waals surface area contributed by atoms with E-state index in [1.54, 1.807) is 0 Å². The van der Waals surface area contributed by atoms with Gasteiger partial charge in [0.1, 0.15) is 0 Å². The fourth-order valence-corrected chi connectivity index (χ4v) is 4.11. The van der Waals surface area contributed by atoms with Crippen LogP contribution in [0.4, 0.5) is 0 Å². The van der Waals surface area contributed by atoms with Crippen LogP contribution in [0.5, 0.6) is 0 Å². The lowest BCUT2D eigenvalue weighted by atomic mass is 9.78. The van der Waals surface area contributed by atoms with Gasteiger partial charge in [-0.25, -0.2) is 0 Å². The van der Waals surface area contributed by atoms with Crippen molar-refractivity contribution in [3.8, 4) is 0 Å². The second-order valence-corrected chi connectivity index (χ2v) is 8.00. The summed E-state index contributed by atoms with van der Waals surface area (Å²) in [6, 6.07) is 13.1. The molecule has 2 rings (SSSR count). The third-order valence-corrected chi connectivity index (χ3v) is 5.38. The second-order valence-electron chi connectivity index (χ2n) is 8.00.